The Hall–Kier alpha value is -5.53. The van der Waals surface area contributed by atoms with E-state index in [9.17, 15) is 24.0 Å². The monoisotopic (exact) mass is 726 g/mol. The number of carbonyl (C=O) groups is 5. The maximum absolute atomic E-state index is 13.8. The quantitative estimate of drug-likeness (QED) is 0.228. The molecule has 1 saturated carbocycles. The van der Waals surface area contributed by atoms with Crippen LogP contribution < -0.4 is 36.2 Å². The Labute approximate surface area is 310 Å². The summed E-state index contributed by atoms with van der Waals surface area (Å²) in [7, 11) is 3.58. The van der Waals surface area contributed by atoms with Gasteiger partial charge in [-0.25, -0.2) is 9.97 Å². The first-order valence-corrected chi connectivity index (χ1v) is 18.0. The molecule has 0 unspecified atom stereocenters. The molecule has 14 heteroatoms. The Morgan fingerprint density at radius 1 is 0.962 bits per heavy atom. The lowest BCUT2D eigenvalue weighted by Gasteiger charge is -2.27. The number of anilines is 1. The largest absolute Gasteiger partial charge is 0.491 e. The molecule has 4 atom stereocenters. The Bertz CT molecular complexity index is 1800. The molecule has 3 heterocycles. The summed E-state index contributed by atoms with van der Waals surface area (Å²) in [6.45, 7) is 7.49. The Kier molecular flexibility index (Phi) is 12.3. The first-order valence-electron chi connectivity index (χ1n) is 18.0. The molecule has 2 bridgehead atoms. The molecule has 2 aromatic carbocycles. The molecule has 3 aliphatic rings. The van der Waals surface area contributed by atoms with Crippen LogP contribution in [0.2, 0.25) is 0 Å². The summed E-state index contributed by atoms with van der Waals surface area (Å²) in [5, 5.41) is 14.4. The van der Waals surface area contributed by atoms with Gasteiger partial charge in [0.15, 0.2) is 0 Å². The number of benzene rings is 2. The lowest BCUT2D eigenvalue weighted by Crippen LogP contribution is -2.59. The number of nitrogens with one attached hydrogen (secondary N) is 5. The van der Waals surface area contributed by atoms with Gasteiger partial charge in [0.2, 0.25) is 29.6 Å². The third kappa shape index (κ3) is 10.3. The summed E-state index contributed by atoms with van der Waals surface area (Å²) >= 11 is 0. The van der Waals surface area contributed by atoms with Crippen molar-refractivity contribution in [1.29, 1.82) is 0 Å². The highest BCUT2D eigenvalue weighted by Crippen LogP contribution is 2.36. The van der Waals surface area contributed by atoms with Crippen LogP contribution in [0.3, 0.4) is 0 Å². The van der Waals surface area contributed by atoms with Crippen LogP contribution in [0.25, 0.3) is 0 Å². The van der Waals surface area contributed by atoms with E-state index in [2.05, 4.69) is 50.4 Å². The molecule has 14 nitrogen and oxygen atoms in total. The van der Waals surface area contributed by atoms with Crippen LogP contribution in [0.5, 0.6) is 5.75 Å². The van der Waals surface area contributed by atoms with Crippen LogP contribution in [0.4, 0.5) is 5.95 Å². The zero-order chi connectivity index (χ0) is 38.3. The molecular formula is C39H50N8O6. The smallest absolute Gasteiger partial charge is 0.255 e. The first-order chi connectivity index (χ1) is 25.2. The standard InChI is InChI=1S/C39H50N8O6/c1-23(2)18-28-22-53-29-14-12-27(13-15-29)20-31(44-34(49)30-21-40-38(47(5)6)42-24(30)3)35(50)41-25(4)33(48)46-39(16-17-39)37(52)45-32(36(51)43-28)19-26-10-8-7-9-11-26/h7-15,21,23,25,28,31-32H,16-20,22H2,1-6H3,(H,41,50)(H,43,51)(H,44,49)(H,45,52)(H,46,48)/t25-,28+,31+,32-/m1/s1. The average Bonchev–Trinajstić information content (AvgIpc) is 3.90. The van der Waals surface area contributed by atoms with Crippen molar-refractivity contribution in [2.45, 2.75) is 89.5 Å². The zero-order valence-electron chi connectivity index (χ0n) is 31.2. The van der Waals surface area contributed by atoms with E-state index < -0.39 is 47.3 Å². The summed E-state index contributed by atoms with van der Waals surface area (Å²) in [5.74, 6) is -1.31. The molecule has 0 saturated heterocycles. The maximum atomic E-state index is 13.8. The predicted molar refractivity (Wildman–Crippen MR) is 199 cm³/mol. The second-order valence-electron chi connectivity index (χ2n) is 14.6. The number of ether oxygens (including phenoxy) is 1. The van der Waals surface area contributed by atoms with Crippen LogP contribution in [-0.4, -0.2) is 89.9 Å². The highest BCUT2D eigenvalue weighted by molar-refractivity contribution is 6.00. The van der Waals surface area contributed by atoms with Gasteiger partial charge in [0.25, 0.3) is 5.91 Å². The van der Waals surface area contributed by atoms with E-state index in [1.54, 1.807) is 50.2 Å². The van der Waals surface area contributed by atoms with E-state index >= 15 is 0 Å². The molecule has 5 amide bonds. The highest BCUT2D eigenvalue weighted by Gasteiger charge is 2.52. The topological polar surface area (TPSA) is 184 Å². The number of amides is 5. The van der Waals surface area contributed by atoms with Crippen LogP contribution in [-0.2, 0) is 32.0 Å². The van der Waals surface area contributed by atoms with Crippen LogP contribution in [0.1, 0.15) is 67.2 Å². The minimum Gasteiger partial charge on any atom is -0.491 e. The average molecular weight is 727 g/mol. The number of hydrogen-bond donors (Lipinski definition) is 5. The molecule has 1 aliphatic carbocycles. The van der Waals surface area contributed by atoms with Gasteiger partial charge < -0.3 is 36.2 Å². The second-order valence-corrected chi connectivity index (χ2v) is 14.6. The van der Waals surface area contributed by atoms with Crippen molar-refractivity contribution in [3.05, 3.63) is 83.2 Å². The van der Waals surface area contributed by atoms with E-state index in [1.807, 2.05) is 30.3 Å². The van der Waals surface area contributed by atoms with Crippen LogP contribution in [0.15, 0.2) is 60.8 Å². The number of carbonyl (C=O) groups excluding carboxylic acids is 5. The second kappa shape index (κ2) is 16.9. The van der Waals surface area contributed by atoms with Crippen molar-refractivity contribution in [2.24, 2.45) is 5.92 Å². The van der Waals surface area contributed by atoms with Crippen molar-refractivity contribution in [2.75, 3.05) is 25.6 Å². The van der Waals surface area contributed by atoms with Gasteiger partial charge in [0, 0.05) is 33.1 Å². The van der Waals surface area contributed by atoms with E-state index in [0.29, 0.717) is 36.7 Å². The number of aromatic nitrogens is 2. The first kappa shape index (κ1) is 38.7. The third-order valence-corrected chi connectivity index (χ3v) is 9.35. The predicted octanol–water partition coefficient (Wildman–Crippen LogP) is 2.00. The van der Waals surface area contributed by atoms with Crippen molar-refractivity contribution < 1.29 is 28.7 Å². The molecule has 1 spiro atoms. The fourth-order valence-corrected chi connectivity index (χ4v) is 6.15. The van der Waals surface area contributed by atoms with Gasteiger partial charge in [-0.3, -0.25) is 24.0 Å². The van der Waals surface area contributed by atoms with Crippen molar-refractivity contribution in [3.8, 4) is 5.75 Å². The Morgan fingerprint density at radius 2 is 1.66 bits per heavy atom. The van der Waals surface area contributed by atoms with Crippen molar-refractivity contribution in [1.82, 2.24) is 36.6 Å². The lowest BCUT2D eigenvalue weighted by atomic mass is 10.0. The molecule has 5 N–H and O–H groups in total. The van der Waals surface area contributed by atoms with Crippen LogP contribution in [0, 0.1) is 12.8 Å². The number of nitrogens with zero attached hydrogens (tertiary/aromatic N) is 3. The van der Waals surface area contributed by atoms with E-state index in [1.165, 1.54) is 13.1 Å². The van der Waals surface area contributed by atoms with Gasteiger partial charge in [-0.2, -0.15) is 0 Å². The van der Waals surface area contributed by atoms with E-state index in [4.69, 9.17) is 4.74 Å². The van der Waals surface area contributed by atoms with Crippen molar-refractivity contribution >= 4 is 35.5 Å². The molecule has 1 fully saturated rings. The molecule has 53 heavy (non-hydrogen) atoms. The van der Waals surface area contributed by atoms with Gasteiger partial charge in [0.05, 0.1) is 17.3 Å². The molecule has 3 aromatic rings. The molecule has 2 aliphatic heterocycles. The number of aryl methyl sites for hydroxylation is 1. The minimum absolute atomic E-state index is 0.100. The summed E-state index contributed by atoms with van der Waals surface area (Å²) in [6, 6.07) is 13.1. The Morgan fingerprint density at radius 3 is 2.28 bits per heavy atom. The maximum Gasteiger partial charge on any atom is 0.255 e. The van der Waals surface area contributed by atoms with Gasteiger partial charge in [-0.1, -0.05) is 56.3 Å². The van der Waals surface area contributed by atoms with Gasteiger partial charge in [-0.05, 0) is 62.3 Å². The molecule has 6 rings (SSSR count). The zero-order valence-corrected chi connectivity index (χ0v) is 31.2. The molecular weight excluding hydrogens is 676 g/mol. The summed E-state index contributed by atoms with van der Waals surface area (Å²) in [5.41, 5.74) is 1.01. The minimum atomic E-state index is -1.22. The highest BCUT2D eigenvalue weighted by atomic mass is 16.5. The fourth-order valence-electron chi connectivity index (χ4n) is 6.15. The van der Waals surface area contributed by atoms with Gasteiger partial charge in [0.1, 0.15) is 36.0 Å². The van der Waals surface area contributed by atoms with Gasteiger partial charge in [-0.15, -0.1) is 0 Å². The number of rotatable bonds is 7. The third-order valence-electron chi connectivity index (χ3n) is 9.35. The summed E-state index contributed by atoms with van der Waals surface area (Å²) in [6.07, 6.45) is 3.13. The fraction of sp³-hybridized carbons (Fsp3) is 0.462. The van der Waals surface area contributed by atoms with Crippen molar-refractivity contribution in [3.63, 3.8) is 0 Å². The van der Waals surface area contributed by atoms with Gasteiger partial charge >= 0.3 is 0 Å². The number of hydrogen-bond acceptors (Lipinski definition) is 9. The van der Waals surface area contributed by atoms with Crippen LogP contribution >= 0.6 is 0 Å². The molecule has 282 valence electrons. The summed E-state index contributed by atoms with van der Waals surface area (Å²) in [4.78, 5) is 78.7. The number of fused-ring (bicyclic) bond motifs is 15. The normalized spacial score (nSPS) is 22.2. The molecule has 0 radical (unpaired) electrons. The summed E-state index contributed by atoms with van der Waals surface area (Å²) < 4.78 is 6.14. The SMILES string of the molecule is Cc1nc(N(C)C)ncc1C(=O)N[C@H]1Cc2ccc(cc2)OC[C@H](CC(C)C)NC(=O)[C@@H](Cc2ccccc2)NC(=O)C2(CC2)NC(=O)[C@@H](C)NC1=O. The lowest BCUT2D eigenvalue weighted by molar-refractivity contribution is -0.134. The van der Waals surface area contributed by atoms with E-state index in [-0.39, 0.29) is 42.9 Å². The molecule has 1 aromatic heterocycles. The Balaban J connectivity index is 1.42. The van der Waals surface area contributed by atoms with E-state index in [0.717, 1.165) is 11.1 Å².